The van der Waals surface area contributed by atoms with Crippen LogP contribution in [-0.2, 0) is 11.2 Å². The van der Waals surface area contributed by atoms with Crippen LogP contribution >= 0.6 is 0 Å². The lowest BCUT2D eigenvalue weighted by Crippen LogP contribution is -2.42. The van der Waals surface area contributed by atoms with E-state index in [-0.39, 0.29) is 5.41 Å². The third kappa shape index (κ3) is 5.66. The molecular weight excluding hydrogens is 328 g/mol. The Morgan fingerprint density at radius 2 is 2.08 bits per heavy atom. The second-order valence-corrected chi connectivity index (χ2v) is 7.79. The van der Waals surface area contributed by atoms with Crippen LogP contribution < -0.4 is 10.1 Å². The smallest absolute Gasteiger partial charge is 0.320 e. The molecule has 1 aliphatic heterocycles. The maximum atomic E-state index is 13.6. The van der Waals surface area contributed by atoms with Gasteiger partial charge in [-0.2, -0.15) is 0 Å². The van der Waals surface area contributed by atoms with Crippen molar-refractivity contribution >= 4 is 5.97 Å². The third-order valence-corrected chi connectivity index (χ3v) is 4.41. The van der Waals surface area contributed by atoms with Gasteiger partial charge in [0.1, 0.15) is 11.8 Å². The van der Waals surface area contributed by atoms with E-state index >= 15 is 0 Å². The first kappa shape index (κ1) is 19.6. The Balaban J connectivity index is 2.17. The highest BCUT2D eigenvalue weighted by atomic mass is 19.3. The molecule has 0 fully saturated rings. The number of nitrogens with one attached hydrogen (secondary N) is 1. The van der Waals surface area contributed by atoms with Crippen LogP contribution in [0, 0.1) is 5.41 Å². The molecule has 2 atom stereocenters. The van der Waals surface area contributed by atoms with Crippen LogP contribution in [0.3, 0.4) is 0 Å². The molecular formula is C19H27F2NO3. The summed E-state index contributed by atoms with van der Waals surface area (Å²) in [6.45, 7) is 6.57. The van der Waals surface area contributed by atoms with Gasteiger partial charge in [0.15, 0.2) is 0 Å². The van der Waals surface area contributed by atoms with Crippen molar-refractivity contribution in [3.63, 3.8) is 0 Å². The number of carbonyl (C=O) groups is 1. The van der Waals surface area contributed by atoms with Gasteiger partial charge in [-0.1, -0.05) is 32.9 Å². The van der Waals surface area contributed by atoms with E-state index in [1.54, 1.807) is 18.2 Å². The number of halogens is 2. The molecule has 0 saturated heterocycles. The summed E-state index contributed by atoms with van der Waals surface area (Å²) >= 11 is 0. The molecule has 0 saturated carbocycles. The molecule has 0 bridgehead atoms. The van der Waals surface area contributed by atoms with Crippen LogP contribution in [0.4, 0.5) is 8.78 Å². The van der Waals surface area contributed by atoms with E-state index in [0.29, 0.717) is 30.8 Å². The highest BCUT2D eigenvalue weighted by molar-refractivity contribution is 5.73. The van der Waals surface area contributed by atoms with Crippen molar-refractivity contribution < 1.29 is 23.4 Å². The largest absolute Gasteiger partial charge is 0.493 e. The lowest BCUT2D eigenvalue weighted by Gasteiger charge is -2.27. The monoisotopic (exact) mass is 355 g/mol. The van der Waals surface area contributed by atoms with E-state index in [2.05, 4.69) is 5.32 Å². The molecule has 2 rings (SSSR count). The fourth-order valence-corrected chi connectivity index (χ4v) is 2.94. The maximum Gasteiger partial charge on any atom is 0.320 e. The Bertz CT molecular complexity index is 599. The Morgan fingerprint density at radius 1 is 1.36 bits per heavy atom. The van der Waals surface area contributed by atoms with E-state index < -0.39 is 24.5 Å². The molecule has 0 radical (unpaired) electrons. The van der Waals surface area contributed by atoms with Gasteiger partial charge in [-0.05, 0) is 48.3 Å². The fourth-order valence-electron chi connectivity index (χ4n) is 2.94. The molecule has 0 aromatic heterocycles. The first-order valence-electron chi connectivity index (χ1n) is 8.70. The van der Waals surface area contributed by atoms with Crippen molar-refractivity contribution in [2.75, 3.05) is 6.61 Å². The van der Waals surface area contributed by atoms with Crippen LogP contribution in [0.2, 0.25) is 0 Å². The molecule has 0 amide bonds. The van der Waals surface area contributed by atoms with Gasteiger partial charge < -0.3 is 9.84 Å². The van der Waals surface area contributed by atoms with Crippen molar-refractivity contribution in [2.45, 2.75) is 65.0 Å². The van der Waals surface area contributed by atoms with Gasteiger partial charge in [0.25, 0.3) is 6.43 Å². The molecule has 0 aliphatic carbocycles. The number of rotatable bonds is 7. The maximum absolute atomic E-state index is 13.6. The van der Waals surface area contributed by atoms with Crippen LogP contribution in [0.15, 0.2) is 18.2 Å². The highest BCUT2D eigenvalue weighted by Crippen LogP contribution is 2.31. The number of carboxylic acid groups (broad SMARTS) is 1. The molecule has 6 heteroatoms. The zero-order valence-corrected chi connectivity index (χ0v) is 15.0. The highest BCUT2D eigenvalue weighted by Gasteiger charge is 2.30. The van der Waals surface area contributed by atoms with Crippen LogP contribution in [0.5, 0.6) is 5.75 Å². The molecule has 1 aromatic carbocycles. The number of ether oxygens (including phenoxy) is 1. The quantitative estimate of drug-likeness (QED) is 0.770. The van der Waals surface area contributed by atoms with E-state index in [9.17, 15) is 18.7 Å². The Morgan fingerprint density at radius 3 is 2.68 bits per heavy atom. The number of carboxylic acids is 1. The molecule has 1 heterocycles. The van der Waals surface area contributed by atoms with Gasteiger partial charge in [0.2, 0.25) is 0 Å². The Labute approximate surface area is 147 Å². The number of hydrogen-bond acceptors (Lipinski definition) is 3. The summed E-state index contributed by atoms with van der Waals surface area (Å²) in [5, 5.41) is 12.1. The van der Waals surface area contributed by atoms with Crippen molar-refractivity contribution in [2.24, 2.45) is 5.41 Å². The van der Waals surface area contributed by atoms with Crippen LogP contribution in [-0.4, -0.2) is 30.2 Å². The van der Waals surface area contributed by atoms with Crippen molar-refractivity contribution in [3.05, 3.63) is 29.3 Å². The Hall–Kier alpha value is -1.69. The number of alkyl halides is 2. The predicted octanol–water partition coefficient (Wildman–Crippen LogP) is 4.19. The lowest BCUT2D eigenvalue weighted by atomic mass is 9.88. The zero-order valence-electron chi connectivity index (χ0n) is 15.0. The van der Waals surface area contributed by atoms with E-state index in [1.165, 1.54) is 0 Å². The van der Waals surface area contributed by atoms with Gasteiger partial charge in [-0.3, -0.25) is 10.1 Å². The van der Waals surface area contributed by atoms with Crippen molar-refractivity contribution in [1.82, 2.24) is 5.32 Å². The summed E-state index contributed by atoms with van der Waals surface area (Å²) in [5.74, 6) is -0.484. The summed E-state index contributed by atoms with van der Waals surface area (Å²) in [4.78, 5) is 11.5. The average Bonchev–Trinajstić information content (AvgIpc) is 2.53. The van der Waals surface area contributed by atoms with E-state index in [4.69, 9.17) is 4.74 Å². The number of benzene rings is 1. The molecule has 25 heavy (non-hydrogen) atoms. The van der Waals surface area contributed by atoms with Gasteiger partial charge in [-0.25, -0.2) is 8.78 Å². The summed E-state index contributed by atoms with van der Waals surface area (Å²) in [6.07, 6.45) is -0.00947. The van der Waals surface area contributed by atoms with Crippen LogP contribution in [0.25, 0.3) is 0 Å². The summed E-state index contributed by atoms with van der Waals surface area (Å²) in [6, 6.07) is 2.69. The average molecular weight is 355 g/mol. The van der Waals surface area contributed by atoms with Gasteiger partial charge in [-0.15, -0.1) is 0 Å². The number of fused-ring (bicyclic) bond motifs is 1. The third-order valence-electron chi connectivity index (χ3n) is 4.41. The fraction of sp³-hybridized carbons (Fsp3) is 0.632. The normalized spacial score (nSPS) is 16.9. The van der Waals surface area contributed by atoms with Gasteiger partial charge >= 0.3 is 5.97 Å². The minimum absolute atomic E-state index is 0.0602. The minimum Gasteiger partial charge on any atom is -0.493 e. The molecule has 0 spiro atoms. The number of hydrogen-bond donors (Lipinski definition) is 2. The minimum atomic E-state index is -2.71. The number of aliphatic carboxylic acids is 1. The standard InChI is InChI=1S/C19H27F2NO3/c1-19(2,3)9-8-14(18(23)24)22-16(17(20)21)13-7-6-12-5-4-10-25-15(12)11-13/h6-7,11,14,16-17,22H,4-5,8-10H2,1-3H3,(H,23,24)/t14-,16+/m0/s1. The molecule has 4 nitrogen and oxygen atoms in total. The van der Waals surface area contributed by atoms with E-state index in [0.717, 1.165) is 18.4 Å². The zero-order chi connectivity index (χ0) is 18.6. The summed E-state index contributed by atoms with van der Waals surface area (Å²) in [5.41, 5.74) is 1.30. The molecule has 140 valence electrons. The Kier molecular flexibility index (Phi) is 6.38. The second-order valence-electron chi connectivity index (χ2n) is 7.79. The summed E-state index contributed by atoms with van der Waals surface area (Å²) in [7, 11) is 0. The van der Waals surface area contributed by atoms with Crippen molar-refractivity contribution in [1.29, 1.82) is 0 Å². The van der Waals surface area contributed by atoms with Crippen molar-refractivity contribution in [3.8, 4) is 5.75 Å². The first-order valence-corrected chi connectivity index (χ1v) is 8.70. The number of aryl methyl sites for hydroxylation is 1. The topological polar surface area (TPSA) is 58.6 Å². The van der Waals surface area contributed by atoms with Crippen LogP contribution in [0.1, 0.15) is 57.2 Å². The molecule has 0 unspecified atom stereocenters. The molecule has 2 N–H and O–H groups in total. The predicted molar refractivity (Wildman–Crippen MR) is 92.3 cm³/mol. The molecule has 1 aliphatic rings. The van der Waals surface area contributed by atoms with Gasteiger partial charge in [0.05, 0.1) is 12.6 Å². The summed E-state index contributed by atoms with van der Waals surface area (Å²) < 4.78 is 32.8. The van der Waals surface area contributed by atoms with Gasteiger partial charge in [0, 0.05) is 0 Å². The second kappa shape index (κ2) is 8.13. The lowest BCUT2D eigenvalue weighted by molar-refractivity contribution is -0.140. The SMILES string of the molecule is CC(C)(C)CC[C@H](N[C@H](c1ccc2c(c1)OCCC2)C(F)F)C(=O)O. The first-order chi connectivity index (χ1) is 11.7. The van der Waals surface area contributed by atoms with E-state index in [1.807, 2.05) is 20.8 Å². The molecule has 1 aromatic rings.